The zero-order valence-corrected chi connectivity index (χ0v) is 12.7. The highest BCUT2D eigenvalue weighted by Gasteiger charge is 2.10. The van der Waals surface area contributed by atoms with Gasteiger partial charge in [0.15, 0.2) is 11.4 Å². The van der Waals surface area contributed by atoms with E-state index in [-0.39, 0.29) is 0 Å². The molecule has 22 heavy (non-hydrogen) atoms. The van der Waals surface area contributed by atoms with Crippen molar-refractivity contribution in [1.29, 1.82) is 0 Å². The molecule has 0 unspecified atom stereocenters. The maximum Gasteiger partial charge on any atom is 0.180 e. The summed E-state index contributed by atoms with van der Waals surface area (Å²) < 4.78 is 9.43. The second-order valence-corrected chi connectivity index (χ2v) is 5.36. The summed E-state index contributed by atoms with van der Waals surface area (Å²) in [5, 5.41) is 0. The van der Waals surface area contributed by atoms with Crippen LogP contribution in [0.3, 0.4) is 0 Å². The van der Waals surface area contributed by atoms with Crippen LogP contribution in [0.1, 0.15) is 5.82 Å². The van der Waals surface area contributed by atoms with Crippen molar-refractivity contribution in [2.45, 2.75) is 6.92 Å². The fourth-order valence-electron chi connectivity index (χ4n) is 2.77. The molecule has 0 saturated heterocycles. The summed E-state index contributed by atoms with van der Waals surface area (Å²) in [4.78, 5) is 9.28. The van der Waals surface area contributed by atoms with E-state index in [9.17, 15) is 0 Å². The van der Waals surface area contributed by atoms with Crippen LogP contribution in [-0.2, 0) is 7.05 Å². The lowest BCUT2D eigenvalue weighted by Crippen LogP contribution is -1.89. The van der Waals surface area contributed by atoms with Gasteiger partial charge in [-0.05, 0) is 31.2 Å². The van der Waals surface area contributed by atoms with Gasteiger partial charge in [-0.15, -0.1) is 0 Å². The highest BCUT2D eigenvalue weighted by atomic mass is 16.5. The molecule has 0 bridgehead atoms. The number of fused-ring (bicyclic) bond motifs is 2. The largest absolute Gasteiger partial charge is 0.493 e. The van der Waals surface area contributed by atoms with Crippen molar-refractivity contribution in [2.75, 3.05) is 7.11 Å². The zero-order chi connectivity index (χ0) is 15.3. The zero-order valence-electron chi connectivity index (χ0n) is 12.7. The molecule has 0 aliphatic heterocycles. The number of aromatic nitrogens is 4. The van der Waals surface area contributed by atoms with Crippen molar-refractivity contribution >= 4 is 16.7 Å². The van der Waals surface area contributed by atoms with E-state index >= 15 is 0 Å². The van der Waals surface area contributed by atoms with E-state index in [0.717, 1.165) is 39.5 Å². The monoisotopic (exact) mass is 292 g/mol. The fraction of sp³-hybridized carbons (Fsp3) is 0.176. The van der Waals surface area contributed by atoms with Crippen molar-refractivity contribution in [3.05, 3.63) is 48.5 Å². The second-order valence-electron chi connectivity index (χ2n) is 5.36. The lowest BCUT2D eigenvalue weighted by molar-refractivity contribution is 0.417. The predicted molar refractivity (Wildman–Crippen MR) is 86.2 cm³/mol. The highest BCUT2D eigenvalue weighted by Crippen LogP contribution is 2.26. The average Bonchev–Trinajstić information content (AvgIpc) is 3.08. The number of aryl methyl sites for hydroxylation is 2. The molecule has 4 aromatic rings. The molecular weight excluding hydrogens is 276 g/mol. The fourth-order valence-corrected chi connectivity index (χ4v) is 2.77. The molecule has 0 atom stereocenters. The van der Waals surface area contributed by atoms with E-state index in [0.29, 0.717) is 0 Å². The molecule has 0 aliphatic rings. The number of rotatable bonds is 2. The van der Waals surface area contributed by atoms with Gasteiger partial charge < -0.3 is 13.7 Å². The molecule has 5 heteroatoms. The summed E-state index contributed by atoms with van der Waals surface area (Å²) in [6.07, 6.45) is 3.98. The first-order chi connectivity index (χ1) is 10.7. The van der Waals surface area contributed by atoms with Gasteiger partial charge in [0.2, 0.25) is 0 Å². The van der Waals surface area contributed by atoms with E-state index in [1.54, 1.807) is 7.11 Å². The van der Waals surface area contributed by atoms with Crippen LogP contribution in [0.25, 0.3) is 27.9 Å². The van der Waals surface area contributed by atoms with Gasteiger partial charge in [-0.25, -0.2) is 9.97 Å². The van der Waals surface area contributed by atoms with Gasteiger partial charge in [-0.1, -0.05) is 6.07 Å². The Bertz CT molecular complexity index is 997. The van der Waals surface area contributed by atoms with Crippen LogP contribution in [0, 0.1) is 6.92 Å². The minimum absolute atomic E-state index is 0.767. The molecule has 0 radical (unpaired) electrons. The van der Waals surface area contributed by atoms with Crippen LogP contribution >= 0.6 is 0 Å². The molecule has 0 fully saturated rings. The Kier molecular flexibility index (Phi) is 2.69. The van der Waals surface area contributed by atoms with Gasteiger partial charge in [0.25, 0.3) is 0 Å². The first kappa shape index (κ1) is 12.9. The van der Waals surface area contributed by atoms with Gasteiger partial charge in [-0.3, -0.25) is 0 Å². The summed E-state index contributed by atoms with van der Waals surface area (Å²) in [5.74, 6) is 1.77. The van der Waals surface area contributed by atoms with Crippen molar-refractivity contribution in [3.8, 4) is 17.0 Å². The van der Waals surface area contributed by atoms with E-state index in [1.165, 1.54) is 0 Å². The van der Waals surface area contributed by atoms with Crippen LogP contribution < -0.4 is 4.74 Å². The summed E-state index contributed by atoms with van der Waals surface area (Å²) in [6.45, 7) is 2.01. The maximum absolute atomic E-state index is 5.37. The predicted octanol–water partition coefficient (Wildman–Crippen LogP) is 3.21. The summed E-state index contributed by atoms with van der Waals surface area (Å²) in [7, 11) is 3.69. The number of imidazole rings is 2. The molecule has 0 aliphatic carbocycles. The van der Waals surface area contributed by atoms with Gasteiger partial charge in [0.05, 0.1) is 23.8 Å². The minimum Gasteiger partial charge on any atom is -0.493 e. The van der Waals surface area contributed by atoms with Crippen molar-refractivity contribution in [2.24, 2.45) is 7.05 Å². The smallest absolute Gasteiger partial charge is 0.180 e. The lowest BCUT2D eigenvalue weighted by atomic mass is 10.1. The highest BCUT2D eigenvalue weighted by molar-refractivity contribution is 5.82. The topological polar surface area (TPSA) is 44.4 Å². The van der Waals surface area contributed by atoms with Crippen molar-refractivity contribution in [1.82, 2.24) is 18.9 Å². The average molecular weight is 292 g/mol. The molecule has 3 heterocycles. The number of pyridine rings is 1. The number of benzene rings is 1. The van der Waals surface area contributed by atoms with Crippen LogP contribution in [0.2, 0.25) is 0 Å². The third-order valence-corrected chi connectivity index (χ3v) is 4.07. The van der Waals surface area contributed by atoms with Crippen LogP contribution in [-0.4, -0.2) is 26.0 Å². The first-order valence-electron chi connectivity index (χ1n) is 7.12. The summed E-state index contributed by atoms with van der Waals surface area (Å²) >= 11 is 0. The molecule has 5 nitrogen and oxygen atoms in total. The van der Waals surface area contributed by atoms with E-state index < -0.39 is 0 Å². The van der Waals surface area contributed by atoms with Crippen LogP contribution in [0.15, 0.2) is 42.7 Å². The molecule has 0 spiro atoms. The van der Waals surface area contributed by atoms with E-state index in [2.05, 4.69) is 27.8 Å². The molecule has 3 aromatic heterocycles. The van der Waals surface area contributed by atoms with Crippen molar-refractivity contribution in [3.63, 3.8) is 0 Å². The number of hydrogen-bond donors (Lipinski definition) is 0. The summed E-state index contributed by atoms with van der Waals surface area (Å²) in [6, 6.07) is 10.1. The van der Waals surface area contributed by atoms with E-state index in [1.807, 2.05) is 42.9 Å². The van der Waals surface area contributed by atoms with Crippen LogP contribution in [0.4, 0.5) is 0 Å². The Morgan fingerprint density at radius 1 is 1.14 bits per heavy atom. The number of methoxy groups -OCH3 is 1. The third-order valence-electron chi connectivity index (χ3n) is 4.07. The third kappa shape index (κ3) is 1.79. The minimum atomic E-state index is 0.767. The summed E-state index contributed by atoms with van der Waals surface area (Å²) in [5.41, 5.74) is 4.90. The van der Waals surface area contributed by atoms with E-state index in [4.69, 9.17) is 9.72 Å². The molecule has 0 amide bonds. The quantitative estimate of drug-likeness (QED) is 0.570. The molecular formula is C17H16N4O. The lowest BCUT2D eigenvalue weighted by Gasteiger charge is -1.99. The Balaban J connectivity index is 1.91. The number of ether oxygens (including phenoxy) is 1. The Morgan fingerprint density at radius 3 is 2.82 bits per heavy atom. The Hall–Kier alpha value is -2.82. The first-order valence-corrected chi connectivity index (χ1v) is 7.12. The molecule has 4 rings (SSSR count). The molecule has 1 aromatic carbocycles. The Labute approximate surface area is 127 Å². The maximum atomic E-state index is 5.37. The number of nitrogens with zero attached hydrogens (tertiary/aromatic N) is 4. The van der Waals surface area contributed by atoms with Gasteiger partial charge in [0.1, 0.15) is 5.82 Å². The van der Waals surface area contributed by atoms with Gasteiger partial charge in [0, 0.05) is 25.0 Å². The molecule has 110 valence electrons. The second kappa shape index (κ2) is 4.59. The number of hydrogen-bond acceptors (Lipinski definition) is 3. The molecule has 0 N–H and O–H groups in total. The van der Waals surface area contributed by atoms with Crippen LogP contribution in [0.5, 0.6) is 5.75 Å². The molecule has 0 saturated carbocycles. The normalized spacial score (nSPS) is 11.4. The SMILES string of the molecule is COc1cccn2cc(-c3ccc4c(c3)nc(C)n4C)nc12. The Morgan fingerprint density at radius 2 is 2.00 bits per heavy atom. The van der Waals surface area contributed by atoms with Gasteiger partial charge in [-0.2, -0.15) is 0 Å². The van der Waals surface area contributed by atoms with Gasteiger partial charge >= 0.3 is 0 Å². The van der Waals surface area contributed by atoms with Crippen molar-refractivity contribution < 1.29 is 4.74 Å². The standard InChI is InChI=1S/C17H16N4O/c1-11-18-13-9-12(6-7-15(13)20(11)2)14-10-21-8-4-5-16(22-3)17(21)19-14/h4-10H,1-3H3.